The molecule has 33 heavy (non-hydrogen) atoms. The van der Waals surface area contributed by atoms with Gasteiger partial charge >= 0.3 is 0 Å². The van der Waals surface area contributed by atoms with E-state index in [1.54, 1.807) is 0 Å². The van der Waals surface area contributed by atoms with Crippen molar-refractivity contribution in [1.29, 1.82) is 0 Å². The van der Waals surface area contributed by atoms with Crippen molar-refractivity contribution in [2.45, 2.75) is 78.6 Å². The van der Waals surface area contributed by atoms with Crippen LogP contribution in [0.2, 0.25) is 0 Å². The average Bonchev–Trinajstić information content (AvgIpc) is 3.18. The van der Waals surface area contributed by atoms with E-state index in [2.05, 4.69) is 33.0 Å². The Kier molecular flexibility index (Phi) is 8.26. The number of carbonyl (C=O) groups is 2. The molecular formula is C27H36N4O2. The zero-order chi connectivity index (χ0) is 24.0. The fourth-order valence-corrected chi connectivity index (χ4v) is 4.27. The highest BCUT2D eigenvalue weighted by Crippen LogP contribution is 2.22. The molecule has 0 aliphatic carbocycles. The molecule has 2 amide bonds. The highest BCUT2D eigenvalue weighted by Gasteiger charge is 2.26. The summed E-state index contributed by atoms with van der Waals surface area (Å²) in [4.78, 5) is 33.0. The number of fused-ring (bicyclic) bond motifs is 1. The van der Waals surface area contributed by atoms with Crippen molar-refractivity contribution in [3.8, 4) is 0 Å². The van der Waals surface area contributed by atoms with E-state index in [-0.39, 0.29) is 36.5 Å². The Morgan fingerprint density at radius 1 is 0.939 bits per heavy atom. The molecule has 0 radical (unpaired) electrons. The van der Waals surface area contributed by atoms with Crippen LogP contribution < -0.4 is 5.32 Å². The number of amides is 2. The van der Waals surface area contributed by atoms with E-state index in [0.29, 0.717) is 12.2 Å². The lowest BCUT2D eigenvalue weighted by molar-refractivity contribution is -0.136. The first kappa shape index (κ1) is 24.5. The predicted molar refractivity (Wildman–Crippen MR) is 133 cm³/mol. The molecule has 6 heteroatoms. The van der Waals surface area contributed by atoms with Gasteiger partial charge in [0.1, 0.15) is 12.4 Å². The topological polar surface area (TPSA) is 67.2 Å². The number of rotatable bonds is 10. The number of aromatic nitrogens is 2. The van der Waals surface area contributed by atoms with Gasteiger partial charge < -0.3 is 14.8 Å². The second-order valence-corrected chi connectivity index (χ2v) is 8.81. The van der Waals surface area contributed by atoms with Crippen LogP contribution in [0, 0.1) is 0 Å². The Bertz CT molecular complexity index is 1070. The van der Waals surface area contributed by atoms with Gasteiger partial charge in [0.05, 0.1) is 23.5 Å². The van der Waals surface area contributed by atoms with Gasteiger partial charge in [-0.15, -0.1) is 0 Å². The molecule has 3 unspecified atom stereocenters. The lowest BCUT2D eigenvalue weighted by Crippen LogP contribution is -2.46. The van der Waals surface area contributed by atoms with E-state index in [9.17, 15) is 9.59 Å². The first-order valence-corrected chi connectivity index (χ1v) is 11.9. The lowest BCUT2D eigenvalue weighted by atomic mass is 10.1. The van der Waals surface area contributed by atoms with Crippen LogP contribution in [-0.2, 0) is 22.6 Å². The highest BCUT2D eigenvalue weighted by molar-refractivity contribution is 5.82. The first-order valence-electron chi connectivity index (χ1n) is 11.9. The molecule has 3 aromatic rings. The monoisotopic (exact) mass is 448 g/mol. The van der Waals surface area contributed by atoms with Crippen LogP contribution >= 0.6 is 0 Å². The molecule has 0 saturated heterocycles. The van der Waals surface area contributed by atoms with E-state index in [0.717, 1.165) is 29.4 Å². The van der Waals surface area contributed by atoms with Crippen molar-refractivity contribution in [3.63, 3.8) is 0 Å². The van der Waals surface area contributed by atoms with E-state index in [1.165, 1.54) is 0 Å². The summed E-state index contributed by atoms with van der Waals surface area (Å²) in [6.07, 6.45) is 2.11. The summed E-state index contributed by atoms with van der Waals surface area (Å²) in [5.41, 5.74) is 2.69. The van der Waals surface area contributed by atoms with Crippen molar-refractivity contribution in [2.24, 2.45) is 0 Å². The third-order valence-corrected chi connectivity index (χ3v) is 6.37. The Labute approximate surface area is 197 Å². The first-order chi connectivity index (χ1) is 15.8. The zero-order valence-electron chi connectivity index (χ0n) is 20.4. The second-order valence-electron chi connectivity index (χ2n) is 8.81. The van der Waals surface area contributed by atoms with Crippen molar-refractivity contribution < 1.29 is 9.59 Å². The van der Waals surface area contributed by atoms with Crippen LogP contribution in [0.15, 0.2) is 54.6 Å². The van der Waals surface area contributed by atoms with E-state index >= 15 is 0 Å². The maximum Gasteiger partial charge on any atom is 0.243 e. The molecule has 6 nitrogen and oxygen atoms in total. The summed E-state index contributed by atoms with van der Waals surface area (Å²) < 4.78 is 1.96. The van der Waals surface area contributed by atoms with Crippen LogP contribution in [0.3, 0.4) is 0 Å². The van der Waals surface area contributed by atoms with Gasteiger partial charge in [-0.1, -0.05) is 56.3 Å². The van der Waals surface area contributed by atoms with Crippen molar-refractivity contribution in [1.82, 2.24) is 19.8 Å². The molecule has 0 aliphatic heterocycles. The molecule has 0 fully saturated rings. The highest BCUT2D eigenvalue weighted by atomic mass is 16.2. The van der Waals surface area contributed by atoms with Gasteiger partial charge in [0.2, 0.25) is 11.8 Å². The lowest BCUT2D eigenvalue weighted by Gasteiger charge is -2.34. The Morgan fingerprint density at radius 3 is 2.18 bits per heavy atom. The molecule has 2 aromatic carbocycles. The summed E-state index contributed by atoms with van der Waals surface area (Å²) in [5, 5.41) is 3.07. The zero-order valence-corrected chi connectivity index (χ0v) is 20.4. The van der Waals surface area contributed by atoms with Gasteiger partial charge in [0.15, 0.2) is 0 Å². The number of hydrogen-bond donors (Lipinski definition) is 1. The van der Waals surface area contributed by atoms with E-state index < -0.39 is 0 Å². The third-order valence-electron chi connectivity index (χ3n) is 6.37. The van der Waals surface area contributed by atoms with Crippen LogP contribution in [0.4, 0.5) is 0 Å². The number of carbonyl (C=O) groups excluding carboxylic acids is 2. The Hall–Kier alpha value is -3.15. The number of hydrogen-bond acceptors (Lipinski definition) is 3. The van der Waals surface area contributed by atoms with Gasteiger partial charge in [0, 0.05) is 12.1 Å². The molecule has 0 spiro atoms. The van der Waals surface area contributed by atoms with Gasteiger partial charge in [-0.3, -0.25) is 9.59 Å². The standard InChI is InChI=1S/C27H36N4O2/c1-6-19(3)31(20(4)7-2)26(33)18-30-24-16-12-11-15-23(24)29-27(30)21(5)28-25(32)17-22-13-9-8-10-14-22/h8-16,19-21H,6-7,17-18H2,1-5H3,(H,28,32). The fraction of sp³-hybridized carbons (Fsp3) is 0.444. The Morgan fingerprint density at radius 2 is 1.55 bits per heavy atom. The number of nitrogens with one attached hydrogen (secondary N) is 1. The van der Waals surface area contributed by atoms with E-state index in [4.69, 9.17) is 4.98 Å². The molecule has 1 heterocycles. The van der Waals surface area contributed by atoms with E-state index in [1.807, 2.05) is 71.0 Å². The fourth-order valence-electron chi connectivity index (χ4n) is 4.27. The molecule has 3 atom stereocenters. The maximum atomic E-state index is 13.5. The summed E-state index contributed by atoms with van der Waals surface area (Å²) >= 11 is 0. The third kappa shape index (κ3) is 5.81. The molecule has 0 aliphatic rings. The van der Waals surface area contributed by atoms with Crippen LogP contribution in [0.25, 0.3) is 11.0 Å². The van der Waals surface area contributed by atoms with Crippen molar-refractivity contribution in [3.05, 3.63) is 66.0 Å². The minimum absolute atomic E-state index is 0.0699. The summed E-state index contributed by atoms with van der Waals surface area (Å²) in [6, 6.07) is 17.5. The number of nitrogens with zero attached hydrogens (tertiary/aromatic N) is 3. The number of benzene rings is 2. The second kappa shape index (κ2) is 11.1. The number of imidazole rings is 1. The smallest absolute Gasteiger partial charge is 0.243 e. The maximum absolute atomic E-state index is 13.5. The molecule has 0 saturated carbocycles. The normalized spacial score (nSPS) is 14.0. The van der Waals surface area contributed by atoms with Crippen LogP contribution in [0.1, 0.15) is 64.9 Å². The average molecular weight is 449 g/mol. The van der Waals surface area contributed by atoms with Gasteiger partial charge in [-0.05, 0) is 51.3 Å². The minimum Gasteiger partial charge on any atom is -0.346 e. The number of para-hydroxylation sites is 2. The molecule has 1 aromatic heterocycles. The minimum atomic E-state index is -0.331. The molecule has 0 bridgehead atoms. The van der Waals surface area contributed by atoms with Gasteiger partial charge in [0.25, 0.3) is 0 Å². The van der Waals surface area contributed by atoms with Crippen LogP contribution in [0.5, 0.6) is 0 Å². The largest absolute Gasteiger partial charge is 0.346 e. The predicted octanol–water partition coefficient (Wildman–Crippen LogP) is 4.88. The summed E-state index contributed by atoms with van der Waals surface area (Å²) in [5.74, 6) is 0.699. The van der Waals surface area contributed by atoms with Crippen molar-refractivity contribution in [2.75, 3.05) is 0 Å². The quantitative estimate of drug-likeness (QED) is 0.481. The van der Waals surface area contributed by atoms with Crippen molar-refractivity contribution >= 4 is 22.8 Å². The molecule has 176 valence electrons. The van der Waals surface area contributed by atoms with Gasteiger partial charge in [-0.25, -0.2) is 4.98 Å². The van der Waals surface area contributed by atoms with Gasteiger partial charge in [-0.2, -0.15) is 0 Å². The summed E-state index contributed by atoms with van der Waals surface area (Å²) in [7, 11) is 0. The molecular weight excluding hydrogens is 412 g/mol. The molecule has 1 N–H and O–H groups in total. The summed E-state index contributed by atoms with van der Waals surface area (Å²) in [6.45, 7) is 10.5. The van der Waals surface area contributed by atoms with Crippen LogP contribution in [-0.4, -0.2) is 38.3 Å². The SMILES string of the molecule is CCC(C)N(C(=O)Cn1c(C(C)NC(=O)Cc2ccccc2)nc2ccccc21)C(C)CC. The molecule has 3 rings (SSSR count). The Balaban J connectivity index is 1.87.